The van der Waals surface area contributed by atoms with Crippen molar-refractivity contribution < 1.29 is 9.18 Å². The van der Waals surface area contributed by atoms with Crippen molar-refractivity contribution in [2.75, 3.05) is 6.54 Å². The summed E-state index contributed by atoms with van der Waals surface area (Å²) < 4.78 is 12.7. The fourth-order valence-corrected chi connectivity index (χ4v) is 1.23. The molecular weight excluding hydrogens is 217 g/mol. The number of benzene rings is 1. The first-order chi connectivity index (χ1) is 7.80. The standard InChI is InChI=1S/C14H19FNO/c1-10(14(2,3)4)9-16-13(17)11-5-7-12(15)8-6-11/h5-8,10H,1,9H2,2-4H3,(H,16,17). The lowest BCUT2D eigenvalue weighted by atomic mass is 9.82. The molecule has 0 aliphatic heterocycles. The average molecular weight is 236 g/mol. The van der Waals surface area contributed by atoms with Gasteiger partial charge in [-0.15, -0.1) is 0 Å². The minimum absolute atomic E-state index is 0.0517. The molecule has 2 nitrogen and oxygen atoms in total. The summed E-state index contributed by atoms with van der Waals surface area (Å²) in [5.74, 6) is -0.402. The van der Waals surface area contributed by atoms with Crippen molar-refractivity contribution in [2.24, 2.45) is 11.3 Å². The second-order valence-corrected chi connectivity index (χ2v) is 5.28. The Hall–Kier alpha value is -1.38. The van der Waals surface area contributed by atoms with Crippen LogP contribution in [0, 0.1) is 24.1 Å². The van der Waals surface area contributed by atoms with Crippen LogP contribution in [0.25, 0.3) is 0 Å². The molecule has 1 aromatic rings. The van der Waals surface area contributed by atoms with Crippen molar-refractivity contribution in [1.29, 1.82) is 0 Å². The summed E-state index contributed by atoms with van der Waals surface area (Å²) >= 11 is 0. The second kappa shape index (κ2) is 5.30. The molecule has 1 amide bonds. The largest absolute Gasteiger partial charge is 0.352 e. The second-order valence-electron chi connectivity index (χ2n) is 5.28. The maximum atomic E-state index is 12.7. The van der Waals surface area contributed by atoms with Gasteiger partial charge in [-0.1, -0.05) is 20.8 Å². The number of nitrogens with one attached hydrogen (secondary N) is 1. The van der Waals surface area contributed by atoms with Gasteiger partial charge in [0, 0.05) is 12.1 Å². The minimum Gasteiger partial charge on any atom is -0.352 e. The van der Waals surface area contributed by atoms with Crippen molar-refractivity contribution in [2.45, 2.75) is 20.8 Å². The van der Waals surface area contributed by atoms with E-state index in [1.807, 2.05) is 0 Å². The van der Waals surface area contributed by atoms with Gasteiger partial charge in [-0.05, 0) is 42.5 Å². The van der Waals surface area contributed by atoms with Crippen molar-refractivity contribution in [3.63, 3.8) is 0 Å². The van der Waals surface area contributed by atoms with Gasteiger partial charge < -0.3 is 5.32 Å². The van der Waals surface area contributed by atoms with Crippen molar-refractivity contribution in [3.05, 3.63) is 42.6 Å². The molecular formula is C14H19FNO. The normalized spacial score (nSPS) is 13.2. The van der Waals surface area contributed by atoms with Crippen LogP contribution in [0.1, 0.15) is 31.1 Å². The van der Waals surface area contributed by atoms with Crippen molar-refractivity contribution >= 4 is 5.91 Å². The molecule has 0 aliphatic carbocycles. The summed E-state index contributed by atoms with van der Waals surface area (Å²) in [7, 11) is 0. The van der Waals surface area contributed by atoms with E-state index >= 15 is 0 Å². The molecule has 1 atom stereocenters. The SMILES string of the molecule is [CH2]C(CNC(=O)c1ccc(F)cc1)C(C)(C)C. The Labute approximate surface area is 102 Å². The van der Waals surface area contributed by atoms with Crippen LogP contribution in [0.3, 0.4) is 0 Å². The number of halogens is 1. The predicted octanol–water partition coefficient (Wildman–Crippen LogP) is 3.05. The van der Waals surface area contributed by atoms with Gasteiger partial charge in [0.2, 0.25) is 0 Å². The van der Waals surface area contributed by atoms with Crippen LogP contribution in [0.15, 0.2) is 24.3 Å². The lowest BCUT2D eigenvalue weighted by molar-refractivity contribution is 0.0941. The van der Waals surface area contributed by atoms with Gasteiger partial charge in [-0.3, -0.25) is 4.79 Å². The maximum absolute atomic E-state index is 12.7. The summed E-state index contributed by atoms with van der Waals surface area (Å²) in [5, 5.41) is 2.80. The van der Waals surface area contributed by atoms with E-state index in [9.17, 15) is 9.18 Å². The minimum atomic E-state index is -0.341. The first-order valence-corrected chi connectivity index (χ1v) is 5.67. The number of hydrogen-bond donors (Lipinski definition) is 1. The third-order valence-corrected chi connectivity index (χ3v) is 2.84. The Morgan fingerprint density at radius 3 is 2.35 bits per heavy atom. The highest BCUT2D eigenvalue weighted by molar-refractivity contribution is 5.94. The first kappa shape index (κ1) is 13.7. The van der Waals surface area contributed by atoms with Crippen molar-refractivity contribution in [1.82, 2.24) is 5.32 Å². The summed E-state index contributed by atoms with van der Waals surface area (Å²) in [6, 6.07) is 5.50. The van der Waals surface area contributed by atoms with E-state index in [0.29, 0.717) is 12.1 Å². The predicted molar refractivity (Wildman–Crippen MR) is 67.0 cm³/mol. The molecule has 3 heteroatoms. The monoisotopic (exact) mass is 236 g/mol. The Bertz CT molecular complexity index is 378. The van der Waals surface area contributed by atoms with Gasteiger partial charge >= 0.3 is 0 Å². The fraction of sp³-hybridized carbons (Fsp3) is 0.429. The van der Waals surface area contributed by atoms with E-state index in [1.165, 1.54) is 24.3 Å². The van der Waals surface area contributed by atoms with Gasteiger partial charge in [0.05, 0.1) is 0 Å². The number of hydrogen-bond acceptors (Lipinski definition) is 1. The summed E-state index contributed by atoms with van der Waals surface area (Å²) in [5.41, 5.74) is 0.517. The van der Waals surface area contributed by atoms with Crippen molar-refractivity contribution in [3.8, 4) is 0 Å². The van der Waals surface area contributed by atoms with Gasteiger partial charge in [0.25, 0.3) is 5.91 Å². The van der Waals surface area contributed by atoms with E-state index in [-0.39, 0.29) is 23.1 Å². The molecule has 1 N–H and O–H groups in total. The molecule has 0 aliphatic rings. The van der Waals surface area contributed by atoms with Crippen LogP contribution in [0.4, 0.5) is 4.39 Å². The number of amides is 1. The lowest BCUT2D eigenvalue weighted by Gasteiger charge is -2.27. The van der Waals surface area contributed by atoms with Crippen LogP contribution in [-0.2, 0) is 0 Å². The lowest BCUT2D eigenvalue weighted by Crippen LogP contribution is -2.33. The third kappa shape index (κ3) is 4.17. The molecule has 0 heterocycles. The zero-order valence-electron chi connectivity index (χ0n) is 10.6. The molecule has 0 saturated carbocycles. The molecule has 1 unspecified atom stereocenters. The number of carbonyl (C=O) groups excluding carboxylic acids is 1. The topological polar surface area (TPSA) is 29.1 Å². The van der Waals surface area contributed by atoms with E-state index in [1.54, 1.807) is 0 Å². The zero-order chi connectivity index (χ0) is 13.1. The van der Waals surface area contributed by atoms with Crippen LogP contribution in [0.2, 0.25) is 0 Å². The highest BCUT2D eigenvalue weighted by Gasteiger charge is 2.20. The van der Waals surface area contributed by atoms with Gasteiger partial charge in [-0.2, -0.15) is 0 Å². The van der Waals surface area contributed by atoms with Gasteiger partial charge in [-0.25, -0.2) is 4.39 Å². The molecule has 0 bridgehead atoms. The van der Waals surface area contributed by atoms with E-state index in [0.717, 1.165) is 0 Å². The molecule has 0 spiro atoms. The van der Waals surface area contributed by atoms with Gasteiger partial charge in [0.1, 0.15) is 5.82 Å². The maximum Gasteiger partial charge on any atom is 0.251 e. The molecule has 0 saturated heterocycles. The Balaban J connectivity index is 2.53. The summed E-state index contributed by atoms with van der Waals surface area (Å²) in [4.78, 5) is 11.7. The Morgan fingerprint density at radius 1 is 1.35 bits per heavy atom. The Morgan fingerprint density at radius 2 is 1.88 bits per heavy atom. The highest BCUT2D eigenvalue weighted by Crippen LogP contribution is 2.24. The van der Waals surface area contributed by atoms with E-state index < -0.39 is 0 Å². The zero-order valence-corrected chi connectivity index (χ0v) is 10.6. The van der Waals surface area contributed by atoms with Crippen LogP contribution in [-0.4, -0.2) is 12.5 Å². The quantitative estimate of drug-likeness (QED) is 0.858. The van der Waals surface area contributed by atoms with E-state index in [4.69, 9.17) is 0 Å². The highest BCUT2D eigenvalue weighted by atomic mass is 19.1. The molecule has 1 aromatic carbocycles. The summed E-state index contributed by atoms with van der Waals surface area (Å²) in [6.45, 7) is 10.8. The smallest absolute Gasteiger partial charge is 0.251 e. The van der Waals surface area contributed by atoms with Gasteiger partial charge in [0.15, 0.2) is 0 Å². The Kier molecular flexibility index (Phi) is 4.27. The average Bonchev–Trinajstić information content (AvgIpc) is 2.25. The van der Waals surface area contributed by atoms with Crippen LogP contribution >= 0.6 is 0 Å². The number of carbonyl (C=O) groups is 1. The van der Waals surface area contributed by atoms with E-state index in [2.05, 4.69) is 33.0 Å². The summed E-state index contributed by atoms with van der Waals surface area (Å²) in [6.07, 6.45) is 0. The molecule has 1 rings (SSSR count). The fourth-order valence-electron chi connectivity index (χ4n) is 1.23. The first-order valence-electron chi connectivity index (χ1n) is 5.67. The molecule has 93 valence electrons. The molecule has 1 radical (unpaired) electrons. The molecule has 0 fully saturated rings. The van der Waals surface area contributed by atoms with Crippen LogP contribution < -0.4 is 5.32 Å². The number of rotatable bonds is 3. The van der Waals surface area contributed by atoms with Crippen LogP contribution in [0.5, 0.6) is 0 Å². The third-order valence-electron chi connectivity index (χ3n) is 2.84. The molecule has 17 heavy (non-hydrogen) atoms. The molecule has 0 aromatic heterocycles.